The van der Waals surface area contributed by atoms with E-state index in [1.54, 1.807) is 29.1 Å². The largest absolute Gasteiger partial charge is 0.388 e. The maximum Gasteiger partial charge on any atom is 0.246 e. The van der Waals surface area contributed by atoms with Gasteiger partial charge in [-0.05, 0) is 23.3 Å². The molecule has 0 aliphatic rings. The lowest BCUT2D eigenvalue weighted by Gasteiger charge is -2.16. The normalized spacial score (nSPS) is 12.0. The van der Waals surface area contributed by atoms with E-state index in [0.29, 0.717) is 16.2 Å². The number of aromatic nitrogens is 2. The van der Waals surface area contributed by atoms with Crippen LogP contribution in [0, 0.1) is 0 Å². The van der Waals surface area contributed by atoms with Gasteiger partial charge >= 0.3 is 0 Å². The molecule has 116 valence electrons. The summed E-state index contributed by atoms with van der Waals surface area (Å²) in [5, 5.41) is 17.7. The summed E-state index contributed by atoms with van der Waals surface area (Å²) in [6.07, 6.45) is 2.84. The lowest BCUT2D eigenvalue weighted by molar-refractivity contribution is -0.117. The van der Waals surface area contributed by atoms with Crippen LogP contribution in [0.5, 0.6) is 0 Å². The Kier molecular flexibility index (Phi) is 5.00. The third-order valence-corrected chi connectivity index (χ3v) is 3.61. The maximum atomic E-state index is 11.5. The maximum absolute atomic E-state index is 11.5. The number of carbonyl (C=O) groups excluding carboxylic acids is 1. The summed E-state index contributed by atoms with van der Waals surface area (Å²) in [6, 6.07) is 5.24. The second kappa shape index (κ2) is 6.77. The van der Waals surface area contributed by atoms with Crippen molar-refractivity contribution in [2.45, 2.75) is 12.5 Å². The minimum atomic E-state index is -0.850. The summed E-state index contributed by atoms with van der Waals surface area (Å²) in [6.45, 7) is 3.70. The molecule has 1 aromatic heterocycles. The van der Waals surface area contributed by atoms with Crippen LogP contribution in [0.3, 0.4) is 0 Å². The number of likely N-dealkylation sites (N-methyl/N-ethyl adjacent to an activating group) is 1. The molecule has 22 heavy (non-hydrogen) atoms. The molecule has 2 N–H and O–H groups in total. The molecule has 0 spiro atoms. The molecule has 1 aromatic carbocycles. The Morgan fingerprint density at radius 3 is 2.86 bits per heavy atom. The van der Waals surface area contributed by atoms with Crippen molar-refractivity contribution in [3.63, 3.8) is 0 Å². The molecule has 0 saturated carbocycles. The molecule has 5 nitrogen and oxygen atoms in total. The molecule has 0 bridgehead atoms. The second-order valence-corrected chi connectivity index (χ2v) is 5.47. The SMILES string of the molecule is C=C(CC(O)c1ccc(Cl)cc1-c1cnn(C)c1)C(=O)NC. The van der Waals surface area contributed by atoms with E-state index in [1.165, 1.54) is 7.05 Å². The molecule has 1 unspecified atom stereocenters. The number of rotatable bonds is 5. The van der Waals surface area contributed by atoms with Gasteiger partial charge < -0.3 is 10.4 Å². The smallest absolute Gasteiger partial charge is 0.246 e. The Balaban J connectivity index is 2.34. The van der Waals surface area contributed by atoms with Crippen LogP contribution in [0.4, 0.5) is 0 Å². The van der Waals surface area contributed by atoms with Crippen LogP contribution in [0.25, 0.3) is 11.1 Å². The molecule has 0 aliphatic carbocycles. The number of nitrogens with one attached hydrogen (secondary N) is 1. The van der Waals surface area contributed by atoms with E-state index in [9.17, 15) is 9.90 Å². The van der Waals surface area contributed by atoms with Crippen LogP contribution < -0.4 is 5.32 Å². The number of nitrogens with zero attached hydrogens (tertiary/aromatic N) is 2. The number of hydrogen-bond acceptors (Lipinski definition) is 3. The van der Waals surface area contributed by atoms with Gasteiger partial charge in [-0.15, -0.1) is 0 Å². The molecule has 1 heterocycles. The molecule has 0 radical (unpaired) electrons. The van der Waals surface area contributed by atoms with E-state index < -0.39 is 6.10 Å². The Morgan fingerprint density at radius 2 is 2.27 bits per heavy atom. The predicted molar refractivity (Wildman–Crippen MR) is 86.4 cm³/mol. The molecule has 0 saturated heterocycles. The van der Waals surface area contributed by atoms with Gasteiger partial charge in [0.05, 0.1) is 12.3 Å². The first-order chi connectivity index (χ1) is 10.4. The lowest BCUT2D eigenvalue weighted by Crippen LogP contribution is -2.20. The van der Waals surface area contributed by atoms with Gasteiger partial charge in [0, 0.05) is 42.9 Å². The van der Waals surface area contributed by atoms with E-state index in [2.05, 4.69) is 17.0 Å². The van der Waals surface area contributed by atoms with Crippen LogP contribution in [0.15, 0.2) is 42.7 Å². The van der Waals surface area contributed by atoms with Crippen molar-refractivity contribution in [1.82, 2.24) is 15.1 Å². The number of aryl methyl sites for hydroxylation is 1. The van der Waals surface area contributed by atoms with Crippen molar-refractivity contribution < 1.29 is 9.90 Å². The van der Waals surface area contributed by atoms with Crippen LogP contribution in [-0.4, -0.2) is 27.8 Å². The summed E-state index contributed by atoms with van der Waals surface area (Å²) in [4.78, 5) is 11.5. The fraction of sp³-hybridized carbons (Fsp3) is 0.250. The van der Waals surface area contributed by atoms with Crippen molar-refractivity contribution in [2.24, 2.45) is 7.05 Å². The topological polar surface area (TPSA) is 67.2 Å². The lowest BCUT2D eigenvalue weighted by atomic mass is 9.94. The molecule has 0 aliphatic heterocycles. The number of amides is 1. The van der Waals surface area contributed by atoms with Crippen molar-refractivity contribution in [2.75, 3.05) is 7.05 Å². The molecule has 0 fully saturated rings. The quantitative estimate of drug-likeness (QED) is 0.832. The van der Waals surface area contributed by atoms with Gasteiger partial charge in [0.2, 0.25) is 5.91 Å². The monoisotopic (exact) mass is 319 g/mol. The van der Waals surface area contributed by atoms with Gasteiger partial charge in [-0.25, -0.2) is 0 Å². The van der Waals surface area contributed by atoms with Crippen LogP contribution in [0.1, 0.15) is 18.1 Å². The molecule has 6 heteroatoms. The molecular weight excluding hydrogens is 302 g/mol. The molecule has 1 atom stereocenters. The average molecular weight is 320 g/mol. The van der Waals surface area contributed by atoms with Crippen molar-refractivity contribution in [3.8, 4) is 11.1 Å². The third-order valence-electron chi connectivity index (χ3n) is 3.38. The first kappa shape index (κ1) is 16.3. The Bertz CT molecular complexity index is 709. The number of benzene rings is 1. The summed E-state index contributed by atoms with van der Waals surface area (Å²) in [5.41, 5.74) is 2.65. The van der Waals surface area contributed by atoms with Crippen molar-refractivity contribution in [1.29, 1.82) is 0 Å². The van der Waals surface area contributed by atoms with Gasteiger partial charge in [0.15, 0.2) is 0 Å². The minimum Gasteiger partial charge on any atom is -0.388 e. The van der Waals surface area contributed by atoms with Crippen LogP contribution in [0.2, 0.25) is 5.02 Å². The zero-order valence-corrected chi connectivity index (χ0v) is 13.3. The zero-order valence-electron chi connectivity index (χ0n) is 12.5. The average Bonchev–Trinajstić information content (AvgIpc) is 2.92. The van der Waals surface area contributed by atoms with Crippen LogP contribution >= 0.6 is 11.6 Å². The third kappa shape index (κ3) is 3.55. The van der Waals surface area contributed by atoms with Gasteiger partial charge in [0.1, 0.15) is 0 Å². The van der Waals surface area contributed by atoms with Gasteiger partial charge in [0.25, 0.3) is 0 Å². The number of aliphatic hydroxyl groups excluding tert-OH is 1. The fourth-order valence-corrected chi connectivity index (χ4v) is 2.41. The molecule has 2 aromatic rings. The first-order valence-electron chi connectivity index (χ1n) is 6.78. The van der Waals surface area contributed by atoms with E-state index in [4.69, 9.17) is 11.6 Å². The van der Waals surface area contributed by atoms with Gasteiger partial charge in [-0.1, -0.05) is 24.2 Å². The summed E-state index contributed by atoms with van der Waals surface area (Å²) in [5.74, 6) is -0.282. The van der Waals surface area contributed by atoms with Crippen molar-refractivity contribution in [3.05, 3.63) is 53.3 Å². The number of hydrogen-bond donors (Lipinski definition) is 2. The fourth-order valence-electron chi connectivity index (χ4n) is 2.24. The summed E-state index contributed by atoms with van der Waals surface area (Å²) >= 11 is 6.07. The molecule has 1 amide bonds. The summed E-state index contributed by atoms with van der Waals surface area (Å²) in [7, 11) is 3.35. The number of carbonyl (C=O) groups is 1. The highest BCUT2D eigenvalue weighted by Gasteiger charge is 2.18. The molecular formula is C16H18ClN3O2. The first-order valence-corrected chi connectivity index (χ1v) is 7.16. The highest BCUT2D eigenvalue weighted by Crippen LogP contribution is 2.33. The van der Waals surface area contributed by atoms with Gasteiger partial charge in [-0.2, -0.15) is 5.10 Å². The number of halogens is 1. The van der Waals surface area contributed by atoms with Crippen molar-refractivity contribution >= 4 is 17.5 Å². The molecule has 2 rings (SSSR count). The highest BCUT2D eigenvalue weighted by molar-refractivity contribution is 6.30. The Morgan fingerprint density at radius 1 is 1.55 bits per heavy atom. The number of aliphatic hydroxyl groups is 1. The highest BCUT2D eigenvalue weighted by atomic mass is 35.5. The second-order valence-electron chi connectivity index (χ2n) is 5.04. The van der Waals surface area contributed by atoms with Crippen LogP contribution in [-0.2, 0) is 11.8 Å². The van der Waals surface area contributed by atoms with E-state index in [1.807, 2.05) is 13.2 Å². The van der Waals surface area contributed by atoms with E-state index in [-0.39, 0.29) is 12.3 Å². The van der Waals surface area contributed by atoms with E-state index >= 15 is 0 Å². The summed E-state index contributed by atoms with van der Waals surface area (Å²) < 4.78 is 1.68. The van der Waals surface area contributed by atoms with E-state index in [0.717, 1.165) is 11.1 Å². The Hall–Kier alpha value is -2.11. The zero-order chi connectivity index (χ0) is 16.3. The predicted octanol–water partition coefficient (Wildman–Crippen LogP) is 2.47. The standard InChI is InChI=1S/C16H18ClN3O2/c1-10(16(22)18-2)6-15(21)13-5-4-12(17)7-14(13)11-8-19-20(3)9-11/h4-5,7-9,15,21H,1,6H2,2-3H3,(H,18,22). The minimum absolute atomic E-state index is 0.147. The Labute approximate surface area is 134 Å². The van der Waals surface area contributed by atoms with Gasteiger partial charge in [-0.3, -0.25) is 9.48 Å².